The smallest absolute Gasteiger partial charge is 0.407 e. The van der Waals surface area contributed by atoms with Gasteiger partial charge in [-0.3, -0.25) is 9.48 Å². The predicted molar refractivity (Wildman–Crippen MR) is 112 cm³/mol. The van der Waals surface area contributed by atoms with Crippen LogP contribution in [0.2, 0.25) is 0 Å². The molecule has 2 heterocycles. The highest BCUT2D eigenvalue weighted by atomic mass is 16.6. The molecule has 1 saturated carbocycles. The molecule has 7 heteroatoms. The molecule has 0 unspecified atom stereocenters. The fourth-order valence-electron chi connectivity index (χ4n) is 3.83. The Kier molecular flexibility index (Phi) is 5.97. The molecule has 2 amide bonds. The number of carbonyl (C=O) groups is 2. The fraction of sp³-hybridized carbons (Fsp3) is 0.773. The summed E-state index contributed by atoms with van der Waals surface area (Å²) in [6.45, 7) is 13.8. The van der Waals surface area contributed by atoms with Gasteiger partial charge in [-0.05, 0) is 79.2 Å². The summed E-state index contributed by atoms with van der Waals surface area (Å²) in [7, 11) is 0. The number of hydrogen-bond acceptors (Lipinski definition) is 4. The van der Waals surface area contributed by atoms with Gasteiger partial charge in [0.1, 0.15) is 5.60 Å². The normalized spacial score (nSPS) is 20.5. The van der Waals surface area contributed by atoms with Crippen molar-refractivity contribution in [2.24, 2.45) is 5.92 Å². The maximum absolute atomic E-state index is 13.1. The van der Waals surface area contributed by atoms with Crippen LogP contribution in [0.4, 0.5) is 4.79 Å². The average Bonchev–Trinajstić information content (AvgIpc) is 3.35. The number of likely N-dealkylation sites (tertiary alicyclic amines) is 1. The molecule has 7 nitrogen and oxygen atoms in total. The monoisotopic (exact) mass is 404 g/mol. The Morgan fingerprint density at radius 3 is 2.45 bits per heavy atom. The van der Waals surface area contributed by atoms with Crippen molar-refractivity contribution in [3.8, 4) is 0 Å². The van der Waals surface area contributed by atoms with Crippen molar-refractivity contribution >= 4 is 12.0 Å². The number of nitrogens with zero attached hydrogens (tertiary/aromatic N) is 3. The molecule has 0 radical (unpaired) electrons. The molecule has 0 aromatic carbocycles. The van der Waals surface area contributed by atoms with Crippen LogP contribution >= 0.6 is 0 Å². The number of ether oxygens (including phenoxy) is 1. The zero-order valence-corrected chi connectivity index (χ0v) is 18.7. The van der Waals surface area contributed by atoms with E-state index in [-0.39, 0.29) is 17.4 Å². The molecule has 1 atom stereocenters. The van der Waals surface area contributed by atoms with Crippen LogP contribution in [0, 0.1) is 5.92 Å². The van der Waals surface area contributed by atoms with E-state index < -0.39 is 11.7 Å². The van der Waals surface area contributed by atoms with Gasteiger partial charge in [0.15, 0.2) is 5.69 Å². The van der Waals surface area contributed by atoms with Gasteiger partial charge in [-0.25, -0.2) is 4.79 Å². The summed E-state index contributed by atoms with van der Waals surface area (Å²) in [5.74, 6) is 0.764. The lowest BCUT2D eigenvalue weighted by atomic mass is 9.97. The zero-order chi connectivity index (χ0) is 21.4. The molecule has 1 aromatic heterocycles. The van der Waals surface area contributed by atoms with E-state index in [2.05, 4.69) is 26.1 Å². The van der Waals surface area contributed by atoms with Crippen molar-refractivity contribution in [1.29, 1.82) is 0 Å². The molecule has 162 valence electrons. The summed E-state index contributed by atoms with van der Waals surface area (Å²) < 4.78 is 7.34. The number of aromatic nitrogens is 2. The molecule has 0 spiro atoms. The molecule has 1 N–H and O–H groups in total. The van der Waals surface area contributed by atoms with Crippen LogP contribution in [0.1, 0.15) is 89.3 Å². The Morgan fingerprint density at radius 2 is 1.86 bits per heavy atom. The highest BCUT2D eigenvalue weighted by Crippen LogP contribution is 2.41. The number of amides is 2. The summed E-state index contributed by atoms with van der Waals surface area (Å²) in [4.78, 5) is 26.9. The number of nitrogens with one attached hydrogen (secondary N) is 1. The topological polar surface area (TPSA) is 76.5 Å². The van der Waals surface area contributed by atoms with Crippen LogP contribution in [-0.4, -0.2) is 51.9 Å². The summed E-state index contributed by atoms with van der Waals surface area (Å²) in [5.41, 5.74) is 1.07. The predicted octanol–water partition coefficient (Wildman–Crippen LogP) is 3.89. The van der Waals surface area contributed by atoms with E-state index in [1.165, 1.54) is 18.5 Å². The van der Waals surface area contributed by atoms with Gasteiger partial charge in [0.05, 0.1) is 5.54 Å². The lowest BCUT2D eigenvalue weighted by Gasteiger charge is -2.32. The summed E-state index contributed by atoms with van der Waals surface area (Å²) in [6, 6.07) is 1.99. The maximum atomic E-state index is 13.1. The average molecular weight is 405 g/mol. The van der Waals surface area contributed by atoms with E-state index >= 15 is 0 Å². The second kappa shape index (κ2) is 8.00. The summed E-state index contributed by atoms with van der Waals surface area (Å²) in [5, 5.41) is 7.54. The molecule has 2 fully saturated rings. The van der Waals surface area contributed by atoms with E-state index in [9.17, 15) is 9.59 Å². The first-order valence-electron chi connectivity index (χ1n) is 10.8. The van der Waals surface area contributed by atoms with E-state index in [1.54, 1.807) is 0 Å². The molecular formula is C22H36N4O3. The van der Waals surface area contributed by atoms with Crippen molar-refractivity contribution < 1.29 is 14.3 Å². The number of piperidine rings is 1. The Morgan fingerprint density at radius 1 is 1.17 bits per heavy atom. The Balaban J connectivity index is 1.62. The van der Waals surface area contributed by atoms with Gasteiger partial charge in [0.2, 0.25) is 0 Å². The fourth-order valence-corrected chi connectivity index (χ4v) is 3.83. The second-order valence-electron chi connectivity index (χ2n) is 10.5. The number of alkyl carbamates (subject to hydrolysis) is 1. The minimum absolute atomic E-state index is 0.00290. The zero-order valence-electron chi connectivity index (χ0n) is 18.7. The van der Waals surface area contributed by atoms with Crippen LogP contribution < -0.4 is 5.32 Å². The third-order valence-corrected chi connectivity index (χ3v) is 5.33. The standard InChI is InChI=1S/C22H36N4O3/c1-21(2,3)26-18(16-9-10-16)12-17(24-26)19(27)25-11-7-8-15(14-25)13-23-20(28)29-22(4,5)6/h12,15-16H,7-11,13-14H2,1-6H3,(H,23,28)/t15-/m1/s1. The molecule has 1 aliphatic carbocycles. The Labute approximate surface area is 174 Å². The van der Waals surface area contributed by atoms with E-state index in [0.717, 1.165) is 19.4 Å². The summed E-state index contributed by atoms with van der Waals surface area (Å²) in [6.07, 6.45) is 3.87. The van der Waals surface area contributed by atoms with Crippen LogP contribution in [-0.2, 0) is 10.3 Å². The molecule has 2 aliphatic rings. The second-order valence-corrected chi connectivity index (χ2v) is 10.5. The molecule has 3 rings (SSSR count). The van der Waals surface area contributed by atoms with Crippen LogP contribution in [0.15, 0.2) is 6.07 Å². The molecule has 1 aromatic rings. The number of hydrogen-bond donors (Lipinski definition) is 1. The van der Waals surface area contributed by atoms with Gasteiger partial charge >= 0.3 is 6.09 Å². The van der Waals surface area contributed by atoms with Crippen molar-refractivity contribution in [1.82, 2.24) is 20.0 Å². The lowest BCUT2D eigenvalue weighted by Crippen LogP contribution is -2.44. The molecule has 1 aliphatic heterocycles. The molecule has 1 saturated heterocycles. The van der Waals surface area contributed by atoms with Crippen LogP contribution in [0.25, 0.3) is 0 Å². The molecule has 0 bridgehead atoms. The first kappa shape index (κ1) is 21.7. The first-order valence-corrected chi connectivity index (χ1v) is 10.8. The lowest BCUT2D eigenvalue weighted by molar-refractivity contribution is 0.0502. The van der Waals surface area contributed by atoms with Gasteiger partial charge < -0.3 is 15.0 Å². The molecular weight excluding hydrogens is 368 g/mol. The Hall–Kier alpha value is -2.05. The van der Waals surface area contributed by atoms with Crippen LogP contribution in [0.3, 0.4) is 0 Å². The van der Waals surface area contributed by atoms with E-state index in [4.69, 9.17) is 9.84 Å². The number of carbonyl (C=O) groups excluding carboxylic acids is 2. The van der Waals surface area contributed by atoms with Gasteiger partial charge in [0.25, 0.3) is 5.91 Å². The van der Waals surface area contributed by atoms with E-state index in [1.807, 2.05) is 36.4 Å². The maximum Gasteiger partial charge on any atom is 0.407 e. The highest BCUT2D eigenvalue weighted by molar-refractivity contribution is 5.92. The SMILES string of the molecule is CC(C)(C)OC(=O)NC[C@H]1CCCN(C(=O)c2cc(C3CC3)n(C(C)(C)C)n2)C1. The van der Waals surface area contributed by atoms with Gasteiger partial charge in [-0.1, -0.05) is 0 Å². The van der Waals surface area contributed by atoms with Gasteiger partial charge in [-0.2, -0.15) is 5.10 Å². The highest BCUT2D eigenvalue weighted by Gasteiger charge is 2.34. The minimum atomic E-state index is -0.510. The van der Waals surface area contributed by atoms with Crippen molar-refractivity contribution in [2.45, 2.75) is 84.3 Å². The quantitative estimate of drug-likeness (QED) is 0.826. The van der Waals surface area contributed by atoms with Crippen LogP contribution in [0.5, 0.6) is 0 Å². The van der Waals surface area contributed by atoms with Crippen molar-refractivity contribution in [3.63, 3.8) is 0 Å². The first-order chi connectivity index (χ1) is 13.4. The van der Waals surface area contributed by atoms with Crippen molar-refractivity contribution in [3.05, 3.63) is 17.5 Å². The third kappa shape index (κ3) is 5.73. The van der Waals surface area contributed by atoms with Gasteiger partial charge in [0, 0.05) is 31.2 Å². The minimum Gasteiger partial charge on any atom is -0.444 e. The Bertz CT molecular complexity index is 753. The largest absolute Gasteiger partial charge is 0.444 e. The van der Waals surface area contributed by atoms with Crippen molar-refractivity contribution in [2.75, 3.05) is 19.6 Å². The van der Waals surface area contributed by atoms with Gasteiger partial charge in [-0.15, -0.1) is 0 Å². The molecule has 29 heavy (non-hydrogen) atoms. The van der Waals surface area contributed by atoms with E-state index in [0.29, 0.717) is 24.7 Å². The number of rotatable bonds is 4. The summed E-state index contributed by atoms with van der Waals surface area (Å²) >= 11 is 0. The third-order valence-electron chi connectivity index (χ3n) is 5.33.